The highest BCUT2D eigenvalue weighted by molar-refractivity contribution is 7.94. The van der Waals surface area contributed by atoms with E-state index in [9.17, 15) is 22.2 Å². The van der Waals surface area contributed by atoms with E-state index >= 15 is 0 Å². The molecule has 0 saturated carbocycles. The Morgan fingerprint density at radius 3 is 2.38 bits per heavy atom. The topological polar surface area (TPSA) is 114 Å². The van der Waals surface area contributed by atoms with Crippen LogP contribution in [0, 0.1) is 11.8 Å². The first-order valence-corrected chi connectivity index (χ1v) is 13.3. The van der Waals surface area contributed by atoms with Gasteiger partial charge in [0.25, 0.3) is 5.91 Å². The van der Waals surface area contributed by atoms with E-state index in [1.54, 1.807) is 37.8 Å². The molecule has 8 nitrogen and oxygen atoms in total. The lowest BCUT2D eigenvalue weighted by molar-refractivity contribution is -0.131. The maximum Gasteiger partial charge on any atom is 0.264 e. The van der Waals surface area contributed by atoms with E-state index in [1.807, 2.05) is 0 Å². The third-order valence-corrected chi connectivity index (χ3v) is 10.2. The van der Waals surface area contributed by atoms with Gasteiger partial charge in [0.2, 0.25) is 5.91 Å². The molecule has 1 aromatic heterocycles. The highest BCUT2D eigenvalue weighted by atomic mass is 32.2. The summed E-state index contributed by atoms with van der Waals surface area (Å²) in [6.45, 7) is 5.51. The first kappa shape index (κ1) is 22.0. The Balaban J connectivity index is 1.69. The number of carbonyl (C=O) groups is 2. The van der Waals surface area contributed by atoms with Crippen LogP contribution in [-0.4, -0.2) is 64.9 Å². The van der Waals surface area contributed by atoms with Crippen LogP contribution in [0.1, 0.15) is 38.9 Å². The van der Waals surface area contributed by atoms with Gasteiger partial charge in [-0.25, -0.2) is 12.6 Å². The summed E-state index contributed by atoms with van der Waals surface area (Å²) in [6, 6.07) is 3.38. The second kappa shape index (κ2) is 8.22. The molecule has 2 aliphatic heterocycles. The van der Waals surface area contributed by atoms with Crippen LogP contribution >= 0.6 is 0 Å². The number of carbonyl (C=O) groups excluding carboxylic acids is 2. The summed E-state index contributed by atoms with van der Waals surface area (Å²) in [7, 11) is -6.16. The summed E-state index contributed by atoms with van der Waals surface area (Å²) in [5.41, 5.74) is 0. The normalized spacial score (nSPS) is 28.2. The van der Waals surface area contributed by atoms with Crippen molar-refractivity contribution in [3.8, 4) is 0 Å². The van der Waals surface area contributed by atoms with Gasteiger partial charge in [-0.1, -0.05) is 0 Å². The van der Waals surface area contributed by atoms with E-state index in [4.69, 9.17) is 4.42 Å². The Morgan fingerprint density at radius 2 is 1.86 bits per heavy atom. The first-order valence-electron chi connectivity index (χ1n) is 9.78. The molecule has 29 heavy (non-hydrogen) atoms. The van der Waals surface area contributed by atoms with Crippen molar-refractivity contribution in [2.45, 2.75) is 38.4 Å². The lowest BCUT2D eigenvalue weighted by Crippen LogP contribution is -2.52. The molecule has 3 rings (SSSR count). The second-order valence-electron chi connectivity index (χ2n) is 8.39. The minimum atomic E-state index is -3.46. The average Bonchev–Trinajstić information content (AvgIpc) is 3.13. The molecule has 3 heterocycles. The van der Waals surface area contributed by atoms with E-state index in [0.29, 0.717) is 18.8 Å². The molecule has 0 spiro atoms. The maximum atomic E-state index is 13.3. The van der Waals surface area contributed by atoms with Crippen LogP contribution < -0.4 is 0 Å². The van der Waals surface area contributed by atoms with Crippen LogP contribution in [0.2, 0.25) is 0 Å². The quantitative estimate of drug-likeness (QED) is 0.683. The summed E-state index contributed by atoms with van der Waals surface area (Å²) in [5, 5.41) is -0.601. The van der Waals surface area contributed by atoms with Gasteiger partial charge in [0.15, 0.2) is 9.84 Å². The van der Waals surface area contributed by atoms with Gasteiger partial charge in [-0.2, -0.15) is 4.36 Å². The van der Waals surface area contributed by atoms with Gasteiger partial charge in [-0.15, -0.1) is 0 Å². The third kappa shape index (κ3) is 5.09. The van der Waals surface area contributed by atoms with E-state index < -0.39 is 48.3 Å². The smallest absolute Gasteiger partial charge is 0.264 e. The average molecular weight is 445 g/mol. The largest absolute Gasteiger partial charge is 0.469 e. The minimum absolute atomic E-state index is 0.0452. The number of piperidine rings is 1. The molecular formula is C19H28N2O6S2. The molecule has 3 atom stereocenters. The highest BCUT2D eigenvalue weighted by Crippen LogP contribution is 2.32. The molecule has 0 N–H and O–H groups in total. The number of sulfone groups is 1. The van der Waals surface area contributed by atoms with Gasteiger partial charge in [0.05, 0.1) is 27.2 Å². The van der Waals surface area contributed by atoms with Crippen LogP contribution in [0.25, 0.3) is 0 Å². The standard InChI is InChI=1S/C19H28N2O6S2/c1-13(2)29(25,26)12-18(22)21-8-15-7-16(9-21)11-28(24,10-15)20-19(23)14(3)17-5-4-6-27-17/h4-6,13-16H,7-12H2,1-3H3. The van der Waals surface area contributed by atoms with Crippen molar-refractivity contribution >= 4 is 31.4 Å². The number of nitrogens with zero attached hydrogens (tertiary/aromatic N) is 2. The van der Waals surface area contributed by atoms with E-state index in [0.717, 1.165) is 6.42 Å². The van der Waals surface area contributed by atoms with Gasteiger partial charge in [-0.3, -0.25) is 9.59 Å². The third-order valence-electron chi connectivity index (χ3n) is 5.61. The zero-order valence-corrected chi connectivity index (χ0v) is 18.6. The van der Waals surface area contributed by atoms with Crippen molar-refractivity contribution in [2.24, 2.45) is 16.2 Å². The van der Waals surface area contributed by atoms with Gasteiger partial charge < -0.3 is 9.32 Å². The van der Waals surface area contributed by atoms with Gasteiger partial charge >= 0.3 is 0 Å². The number of hydrogen-bond donors (Lipinski definition) is 0. The number of amides is 2. The fourth-order valence-corrected chi connectivity index (χ4v) is 7.56. The number of fused-ring (bicyclic) bond motifs is 2. The Kier molecular flexibility index (Phi) is 6.24. The second-order valence-corrected chi connectivity index (χ2v) is 13.3. The molecule has 2 fully saturated rings. The van der Waals surface area contributed by atoms with Crippen LogP contribution in [-0.2, 0) is 29.2 Å². The summed E-state index contributed by atoms with van der Waals surface area (Å²) in [6.07, 6.45) is 2.30. The fraction of sp³-hybridized carbons (Fsp3) is 0.684. The Hall–Kier alpha value is -1.68. The molecule has 3 unspecified atom stereocenters. The number of furan rings is 1. The zero-order chi connectivity index (χ0) is 21.4. The van der Waals surface area contributed by atoms with Crippen molar-refractivity contribution in [3.05, 3.63) is 24.2 Å². The lowest BCUT2D eigenvalue weighted by atomic mass is 9.91. The van der Waals surface area contributed by atoms with Gasteiger partial charge in [0.1, 0.15) is 11.5 Å². The summed E-state index contributed by atoms with van der Waals surface area (Å²) < 4.78 is 46.7. The SMILES string of the molecule is CC(C(=O)N=S1(=O)CC2CC(CN(C(=O)CS(=O)(=O)C(C)C)C2)C1)c1ccco1. The van der Waals surface area contributed by atoms with Crippen molar-refractivity contribution in [2.75, 3.05) is 30.3 Å². The Bertz CT molecular complexity index is 970. The Labute approximate surface area is 172 Å². The minimum Gasteiger partial charge on any atom is -0.469 e. The number of likely N-dealkylation sites (tertiary alicyclic amines) is 1. The molecule has 162 valence electrons. The van der Waals surface area contributed by atoms with Crippen molar-refractivity contribution in [1.82, 2.24) is 4.90 Å². The van der Waals surface area contributed by atoms with Crippen LogP contribution in [0.5, 0.6) is 0 Å². The molecule has 2 saturated heterocycles. The van der Waals surface area contributed by atoms with Crippen LogP contribution in [0.15, 0.2) is 27.2 Å². The fourth-order valence-electron chi connectivity index (χ4n) is 3.98. The summed E-state index contributed by atoms with van der Waals surface area (Å²) >= 11 is 0. The van der Waals surface area contributed by atoms with E-state index in [2.05, 4.69) is 4.36 Å². The number of hydrogen-bond acceptors (Lipinski definition) is 6. The van der Waals surface area contributed by atoms with E-state index in [-0.39, 0.29) is 23.3 Å². The molecule has 2 amide bonds. The number of rotatable bonds is 5. The zero-order valence-electron chi connectivity index (χ0n) is 16.9. The maximum absolute atomic E-state index is 13.3. The predicted octanol–water partition coefficient (Wildman–Crippen LogP) is 1.68. The van der Waals surface area contributed by atoms with Gasteiger partial charge in [-0.05, 0) is 51.2 Å². The van der Waals surface area contributed by atoms with Crippen LogP contribution in [0.3, 0.4) is 0 Å². The molecule has 10 heteroatoms. The van der Waals surface area contributed by atoms with Crippen molar-refractivity contribution in [3.63, 3.8) is 0 Å². The lowest BCUT2D eigenvalue weighted by Gasteiger charge is -2.42. The van der Waals surface area contributed by atoms with Crippen LogP contribution in [0.4, 0.5) is 0 Å². The molecule has 0 aliphatic carbocycles. The molecule has 2 aliphatic rings. The monoisotopic (exact) mass is 444 g/mol. The summed E-state index contributed by atoms with van der Waals surface area (Å²) in [5.74, 6) is -1.05. The molecule has 0 radical (unpaired) electrons. The first-order chi connectivity index (χ1) is 13.5. The van der Waals surface area contributed by atoms with Crippen molar-refractivity contribution in [1.29, 1.82) is 0 Å². The van der Waals surface area contributed by atoms with Gasteiger partial charge in [0, 0.05) is 24.6 Å². The highest BCUT2D eigenvalue weighted by Gasteiger charge is 2.39. The van der Waals surface area contributed by atoms with E-state index in [1.165, 1.54) is 6.26 Å². The molecule has 0 aromatic carbocycles. The predicted molar refractivity (Wildman–Crippen MR) is 110 cm³/mol. The van der Waals surface area contributed by atoms with Crippen molar-refractivity contribution < 1.29 is 26.6 Å². The molecule has 1 aromatic rings. The Morgan fingerprint density at radius 1 is 1.24 bits per heavy atom. The molecule has 2 bridgehead atoms. The molecular weight excluding hydrogens is 416 g/mol. The summed E-state index contributed by atoms with van der Waals surface area (Å²) in [4.78, 5) is 26.6.